The fourth-order valence-corrected chi connectivity index (χ4v) is 5.36. The van der Waals surface area contributed by atoms with Crippen LogP contribution in [-0.2, 0) is 22.5 Å². The van der Waals surface area contributed by atoms with Crippen molar-refractivity contribution < 1.29 is 19.0 Å². The zero-order valence-corrected chi connectivity index (χ0v) is 20.3. The van der Waals surface area contributed by atoms with E-state index in [1.807, 2.05) is 29.6 Å². The largest absolute Gasteiger partial charge is 0.493 e. The van der Waals surface area contributed by atoms with Gasteiger partial charge >= 0.3 is 0 Å². The van der Waals surface area contributed by atoms with Gasteiger partial charge in [-0.15, -0.1) is 11.3 Å². The molecule has 0 bridgehead atoms. The summed E-state index contributed by atoms with van der Waals surface area (Å²) in [5.74, 6) is 1.39. The van der Waals surface area contributed by atoms with Gasteiger partial charge in [-0.25, -0.2) is 4.98 Å². The first-order valence-corrected chi connectivity index (χ1v) is 12.7. The van der Waals surface area contributed by atoms with Crippen LogP contribution in [0.4, 0.5) is 0 Å². The molecule has 8 nitrogen and oxygen atoms in total. The van der Waals surface area contributed by atoms with Crippen LogP contribution in [0.3, 0.4) is 0 Å². The molecule has 1 aromatic carbocycles. The maximum absolute atomic E-state index is 13.2. The molecule has 0 saturated carbocycles. The fraction of sp³-hybridized carbons (Fsp3) is 0.435. The molecule has 3 aromatic rings. The van der Waals surface area contributed by atoms with Crippen LogP contribution in [0.5, 0.6) is 11.5 Å². The number of methoxy groups -OCH3 is 2. The van der Waals surface area contributed by atoms with E-state index in [0.29, 0.717) is 46.4 Å². The number of ether oxygens (including phenoxy) is 3. The number of amides is 1. The number of carbonyl (C=O) groups is 1. The van der Waals surface area contributed by atoms with E-state index >= 15 is 0 Å². The van der Waals surface area contributed by atoms with E-state index in [-0.39, 0.29) is 23.3 Å². The van der Waals surface area contributed by atoms with Crippen LogP contribution in [0.1, 0.15) is 18.4 Å². The Labute approximate surface area is 200 Å². The van der Waals surface area contributed by atoms with Gasteiger partial charge in [0.15, 0.2) is 16.7 Å². The lowest BCUT2D eigenvalue weighted by Crippen LogP contribution is -2.33. The average molecular weight is 490 g/mol. The molecule has 176 valence electrons. The van der Waals surface area contributed by atoms with Gasteiger partial charge < -0.3 is 19.5 Å². The van der Waals surface area contributed by atoms with E-state index < -0.39 is 0 Å². The Morgan fingerprint density at radius 1 is 1.30 bits per heavy atom. The van der Waals surface area contributed by atoms with Gasteiger partial charge in [-0.3, -0.25) is 14.2 Å². The summed E-state index contributed by atoms with van der Waals surface area (Å²) in [5.41, 5.74) is 1.59. The summed E-state index contributed by atoms with van der Waals surface area (Å²) >= 11 is 2.66. The van der Waals surface area contributed by atoms with Gasteiger partial charge in [0.1, 0.15) is 4.70 Å². The normalized spacial score (nSPS) is 15.6. The second-order valence-electron chi connectivity index (χ2n) is 7.65. The van der Waals surface area contributed by atoms with Crippen molar-refractivity contribution in [3.05, 3.63) is 45.6 Å². The lowest BCUT2D eigenvalue weighted by Gasteiger charge is -2.14. The molecule has 2 aromatic heterocycles. The standard InChI is InChI=1S/C23H27N3O5S2/c1-29-18-6-5-15(12-19(18)30-2)7-9-26-22(28)21-17(8-11-32-21)25-23(26)33-14-20(27)24-13-16-4-3-10-31-16/h5-6,8,11-12,16H,3-4,7,9-10,13-14H2,1-2H3,(H,24,27)/t16-/m0/s1. The summed E-state index contributed by atoms with van der Waals surface area (Å²) < 4.78 is 18.5. The minimum Gasteiger partial charge on any atom is -0.493 e. The highest BCUT2D eigenvalue weighted by Gasteiger charge is 2.18. The Morgan fingerprint density at radius 3 is 2.91 bits per heavy atom. The molecule has 4 rings (SSSR count). The highest BCUT2D eigenvalue weighted by Crippen LogP contribution is 2.28. The van der Waals surface area contributed by atoms with Crippen molar-refractivity contribution in [3.63, 3.8) is 0 Å². The fourth-order valence-electron chi connectivity index (χ4n) is 3.72. The van der Waals surface area contributed by atoms with Crippen LogP contribution >= 0.6 is 23.1 Å². The number of nitrogens with one attached hydrogen (secondary N) is 1. The Morgan fingerprint density at radius 2 is 2.15 bits per heavy atom. The number of hydrogen-bond donors (Lipinski definition) is 1. The summed E-state index contributed by atoms with van der Waals surface area (Å²) in [7, 11) is 3.19. The zero-order chi connectivity index (χ0) is 23.2. The number of fused-ring (bicyclic) bond motifs is 1. The number of benzene rings is 1. The predicted octanol–water partition coefficient (Wildman–Crippen LogP) is 3.11. The third-order valence-electron chi connectivity index (χ3n) is 5.49. The number of hydrogen-bond acceptors (Lipinski definition) is 8. The topological polar surface area (TPSA) is 91.7 Å². The van der Waals surface area contributed by atoms with Crippen molar-refractivity contribution in [2.45, 2.75) is 37.1 Å². The first kappa shape index (κ1) is 23.6. The lowest BCUT2D eigenvalue weighted by atomic mass is 10.1. The predicted molar refractivity (Wildman–Crippen MR) is 130 cm³/mol. The molecular formula is C23H27N3O5S2. The Bertz CT molecular complexity index is 1170. The van der Waals surface area contributed by atoms with E-state index in [1.165, 1.54) is 23.1 Å². The van der Waals surface area contributed by atoms with E-state index in [1.54, 1.807) is 18.8 Å². The van der Waals surface area contributed by atoms with Crippen molar-refractivity contribution in [1.82, 2.24) is 14.9 Å². The Hall–Kier alpha value is -2.56. The third kappa shape index (κ3) is 5.69. The van der Waals surface area contributed by atoms with Gasteiger partial charge in [-0.1, -0.05) is 17.8 Å². The third-order valence-corrected chi connectivity index (χ3v) is 7.35. The van der Waals surface area contributed by atoms with E-state index in [9.17, 15) is 9.59 Å². The number of aromatic nitrogens is 2. The van der Waals surface area contributed by atoms with Crippen LogP contribution in [0.15, 0.2) is 39.6 Å². The van der Waals surface area contributed by atoms with Gasteiger partial charge in [0.05, 0.1) is 31.6 Å². The van der Waals surface area contributed by atoms with Gasteiger partial charge in [-0.05, 0) is 48.4 Å². The van der Waals surface area contributed by atoms with Gasteiger partial charge in [0, 0.05) is 19.7 Å². The number of nitrogens with zero attached hydrogens (tertiary/aromatic N) is 2. The highest BCUT2D eigenvalue weighted by atomic mass is 32.2. The molecule has 0 radical (unpaired) electrons. The highest BCUT2D eigenvalue weighted by molar-refractivity contribution is 7.99. The van der Waals surface area contributed by atoms with E-state index in [0.717, 1.165) is 25.0 Å². The first-order chi connectivity index (χ1) is 16.1. The van der Waals surface area contributed by atoms with Crippen molar-refractivity contribution in [2.75, 3.05) is 33.1 Å². The van der Waals surface area contributed by atoms with Gasteiger partial charge in [0.25, 0.3) is 5.56 Å². The van der Waals surface area contributed by atoms with E-state index in [4.69, 9.17) is 14.2 Å². The van der Waals surface area contributed by atoms with E-state index in [2.05, 4.69) is 10.3 Å². The number of carbonyl (C=O) groups excluding carboxylic acids is 1. The van der Waals surface area contributed by atoms with Crippen molar-refractivity contribution >= 4 is 39.2 Å². The van der Waals surface area contributed by atoms with Crippen LogP contribution < -0.4 is 20.3 Å². The first-order valence-electron chi connectivity index (χ1n) is 10.8. The van der Waals surface area contributed by atoms with Crippen molar-refractivity contribution in [2.24, 2.45) is 0 Å². The molecule has 33 heavy (non-hydrogen) atoms. The molecule has 0 spiro atoms. The molecule has 1 saturated heterocycles. The molecule has 1 fully saturated rings. The van der Waals surface area contributed by atoms with Gasteiger partial charge in [0.2, 0.25) is 5.91 Å². The second kappa shape index (κ2) is 11.0. The van der Waals surface area contributed by atoms with Gasteiger partial charge in [-0.2, -0.15) is 0 Å². The van der Waals surface area contributed by atoms with Crippen LogP contribution in [0, 0.1) is 0 Å². The number of rotatable bonds is 10. The average Bonchev–Trinajstić information content (AvgIpc) is 3.53. The second-order valence-corrected chi connectivity index (χ2v) is 9.51. The van der Waals surface area contributed by atoms with Crippen LogP contribution in [0.25, 0.3) is 10.2 Å². The van der Waals surface area contributed by atoms with Crippen LogP contribution in [-0.4, -0.2) is 54.7 Å². The lowest BCUT2D eigenvalue weighted by molar-refractivity contribution is -0.119. The summed E-state index contributed by atoms with van der Waals surface area (Å²) in [5, 5.41) is 5.32. The summed E-state index contributed by atoms with van der Waals surface area (Å²) in [6.45, 7) is 1.71. The SMILES string of the molecule is COc1ccc(CCn2c(SCC(=O)NC[C@@H]3CCCO3)nc3ccsc3c2=O)cc1OC. The monoisotopic (exact) mass is 489 g/mol. The number of thioether (sulfide) groups is 1. The number of thiophene rings is 1. The van der Waals surface area contributed by atoms with Crippen LogP contribution in [0.2, 0.25) is 0 Å². The quantitative estimate of drug-likeness (QED) is 0.346. The molecular weight excluding hydrogens is 462 g/mol. The molecule has 3 heterocycles. The molecule has 1 aliphatic heterocycles. The number of aryl methyl sites for hydroxylation is 1. The van der Waals surface area contributed by atoms with Crippen molar-refractivity contribution in [3.8, 4) is 11.5 Å². The molecule has 1 amide bonds. The molecule has 0 aliphatic carbocycles. The Kier molecular flexibility index (Phi) is 7.89. The minimum atomic E-state index is -0.0957. The zero-order valence-electron chi connectivity index (χ0n) is 18.7. The molecule has 0 unspecified atom stereocenters. The summed E-state index contributed by atoms with van der Waals surface area (Å²) in [6.07, 6.45) is 2.71. The molecule has 1 aliphatic rings. The summed E-state index contributed by atoms with van der Waals surface area (Å²) in [4.78, 5) is 30.2. The Balaban J connectivity index is 1.48. The molecule has 1 N–H and O–H groups in total. The smallest absolute Gasteiger partial charge is 0.272 e. The minimum absolute atomic E-state index is 0.0854. The maximum atomic E-state index is 13.2. The maximum Gasteiger partial charge on any atom is 0.272 e. The summed E-state index contributed by atoms with van der Waals surface area (Å²) in [6, 6.07) is 7.55. The van der Waals surface area contributed by atoms with Crippen molar-refractivity contribution in [1.29, 1.82) is 0 Å². The molecule has 1 atom stereocenters. The molecule has 10 heteroatoms.